The number of halogens is 1. The SMILES string of the molecule is COc1ccc(Br)cc1C=NOC(C)=O. The molecule has 0 N–H and O–H groups in total. The highest BCUT2D eigenvalue weighted by Crippen LogP contribution is 2.21. The van der Waals surface area contributed by atoms with Crippen LogP contribution in [0.2, 0.25) is 0 Å². The van der Waals surface area contributed by atoms with E-state index in [2.05, 4.69) is 25.9 Å². The van der Waals surface area contributed by atoms with Crippen molar-refractivity contribution in [1.29, 1.82) is 0 Å². The van der Waals surface area contributed by atoms with Gasteiger partial charge < -0.3 is 9.57 Å². The van der Waals surface area contributed by atoms with Crippen molar-refractivity contribution in [2.45, 2.75) is 6.92 Å². The number of nitrogens with zero attached hydrogens (tertiary/aromatic N) is 1. The van der Waals surface area contributed by atoms with Gasteiger partial charge in [-0.05, 0) is 18.2 Å². The zero-order valence-electron chi connectivity index (χ0n) is 8.36. The number of methoxy groups -OCH3 is 1. The molecule has 1 aromatic rings. The van der Waals surface area contributed by atoms with Crippen molar-refractivity contribution in [2.24, 2.45) is 5.16 Å². The topological polar surface area (TPSA) is 47.9 Å². The maximum absolute atomic E-state index is 10.5. The average molecular weight is 272 g/mol. The van der Waals surface area contributed by atoms with Crippen molar-refractivity contribution in [1.82, 2.24) is 0 Å². The van der Waals surface area contributed by atoms with Crippen LogP contribution in [0.4, 0.5) is 0 Å². The van der Waals surface area contributed by atoms with Gasteiger partial charge in [0.15, 0.2) is 0 Å². The lowest BCUT2D eigenvalue weighted by Gasteiger charge is -2.03. The number of carbonyl (C=O) groups excluding carboxylic acids is 1. The summed E-state index contributed by atoms with van der Waals surface area (Å²) in [6, 6.07) is 5.45. The predicted octanol–water partition coefficient (Wildman–Crippen LogP) is 2.35. The molecule has 0 radical (unpaired) electrons. The van der Waals surface area contributed by atoms with E-state index in [9.17, 15) is 4.79 Å². The molecule has 80 valence electrons. The standard InChI is InChI=1S/C10H10BrNO3/c1-7(13)15-12-6-8-5-9(11)3-4-10(8)14-2/h3-6H,1-2H3. The Morgan fingerprint density at radius 3 is 2.87 bits per heavy atom. The third kappa shape index (κ3) is 3.71. The van der Waals surface area contributed by atoms with Crippen molar-refractivity contribution in [3.63, 3.8) is 0 Å². The maximum atomic E-state index is 10.5. The first-order valence-corrected chi connectivity index (χ1v) is 4.97. The van der Waals surface area contributed by atoms with Crippen LogP contribution < -0.4 is 4.74 Å². The molecular weight excluding hydrogens is 262 g/mol. The summed E-state index contributed by atoms with van der Waals surface area (Å²) < 4.78 is 6.00. The number of hydrogen-bond donors (Lipinski definition) is 0. The normalized spacial score (nSPS) is 10.3. The van der Waals surface area contributed by atoms with Crippen LogP contribution in [-0.2, 0) is 9.63 Å². The van der Waals surface area contributed by atoms with Crippen LogP contribution in [0.25, 0.3) is 0 Å². The molecule has 0 spiro atoms. The number of rotatable bonds is 3. The molecule has 4 nitrogen and oxygen atoms in total. The summed E-state index contributed by atoms with van der Waals surface area (Å²) in [6.45, 7) is 1.29. The van der Waals surface area contributed by atoms with Crippen molar-refractivity contribution < 1.29 is 14.4 Å². The summed E-state index contributed by atoms with van der Waals surface area (Å²) in [5.74, 6) is 0.203. The van der Waals surface area contributed by atoms with E-state index in [-0.39, 0.29) is 0 Å². The molecule has 0 aromatic heterocycles. The van der Waals surface area contributed by atoms with E-state index in [0.29, 0.717) is 5.75 Å². The Hall–Kier alpha value is -1.36. The summed E-state index contributed by atoms with van der Waals surface area (Å²) in [4.78, 5) is 14.9. The van der Waals surface area contributed by atoms with Gasteiger partial charge in [0, 0.05) is 17.0 Å². The van der Waals surface area contributed by atoms with Gasteiger partial charge in [0.05, 0.1) is 13.3 Å². The molecule has 0 aliphatic rings. The Kier molecular flexibility index (Phi) is 4.30. The average Bonchev–Trinajstić information content (AvgIpc) is 2.17. The minimum atomic E-state index is -0.458. The van der Waals surface area contributed by atoms with Crippen molar-refractivity contribution in [2.75, 3.05) is 7.11 Å². The van der Waals surface area contributed by atoms with Gasteiger partial charge in [-0.1, -0.05) is 21.1 Å². The van der Waals surface area contributed by atoms with E-state index < -0.39 is 5.97 Å². The number of hydrogen-bond acceptors (Lipinski definition) is 4. The Labute approximate surface area is 96.0 Å². The first-order chi connectivity index (χ1) is 7.13. The first-order valence-electron chi connectivity index (χ1n) is 4.18. The third-order valence-electron chi connectivity index (χ3n) is 1.56. The highest BCUT2D eigenvalue weighted by molar-refractivity contribution is 9.10. The Morgan fingerprint density at radius 2 is 2.27 bits per heavy atom. The number of carbonyl (C=O) groups is 1. The molecule has 0 amide bonds. The van der Waals surface area contributed by atoms with Crippen LogP contribution >= 0.6 is 15.9 Å². The van der Waals surface area contributed by atoms with Gasteiger partial charge in [-0.3, -0.25) is 0 Å². The molecule has 0 aliphatic carbocycles. The highest BCUT2D eigenvalue weighted by Gasteiger charge is 2.01. The molecule has 15 heavy (non-hydrogen) atoms. The van der Waals surface area contributed by atoms with E-state index in [4.69, 9.17) is 4.74 Å². The Balaban J connectivity index is 2.87. The lowest BCUT2D eigenvalue weighted by Crippen LogP contribution is -1.94. The molecule has 0 heterocycles. The molecule has 0 unspecified atom stereocenters. The van der Waals surface area contributed by atoms with Crippen LogP contribution in [0.1, 0.15) is 12.5 Å². The summed E-state index contributed by atoms with van der Waals surface area (Å²) in [5, 5.41) is 3.52. The summed E-state index contributed by atoms with van der Waals surface area (Å²) >= 11 is 3.32. The highest BCUT2D eigenvalue weighted by atomic mass is 79.9. The minimum absolute atomic E-state index is 0.458. The summed E-state index contributed by atoms with van der Waals surface area (Å²) in [7, 11) is 1.56. The van der Waals surface area contributed by atoms with Gasteiger partial charge in [0.2, 0.25) is 0 Å². The fraction of sp³-hybridized carbons (Fsp3) is 0.200. The van der Waals surface area contributed by atoms with Gasteiger partial charge in [0.25, 0.3) is 0 Å². The van der Waals surface area contributed by atoms with Crippen LogP contribution in [-0.4, -0.2) is 19.3 Å². The fourth-order valence-corrected chi connectivity index (χ4v) is 1.34. The van der Waals surface area contributed by atoms with E-state index in [1.807, 2.05) is 12.1 Å². The van der Waals surface area contributed by atoms with Crippen LogP contribution in [0.5, 0.6) is 5.75 Å². The molecule has 0 bridgehead atoms. The molecule has 1 rings (SSSR count). The zero-order valence-corrected chi connectivity index (χ0v) is 9.95. The largest absolute Gasteiger partial charge is 0.496 e. The zero-order chi connectivity index (χ0) is 11.3. The second-order valence-corrected chi connectivity index (χ2v) is 3.62. The fourth-order valence-electron chi connectivity index (χ4n) is 0.963. The Bertz CT molecular complexity index is 390. The van der Waals surface area contributed by atoms with Crippen LogP contribution in [0.3, 0.4) is 0 Å². The number of benzene rings is 1. The lowest BCUT2D eigenvalue weighted by molar-refractivity contribution is -0.140. The molecule has 0 aliphatic heterocycles. The molecule has 0 saturated carbocycles. The van der Waals surface area contributed by atoms with E-state index in [0.717, 1.165) is 10.0 Å². The minimum Gasteiger partial charge on any atom is -0.496 e. The van der Waals surface area contributed by atoms with E-state index in [1.54, 1.807) is 13.2 Å². The molecule has 0 atom stereocenters. The van der Waals surface area contributed by atoms with Gasteiger partial charge in [-0.15, -0.1) is 0 Å². The predicted molar refractivity (Wildman–Crippen MR) is 60.1 cm³/mol. The molecular formula is C10H10BrNO3. The lowest BCUT2D eigenvalue weighted by atomic mass is 10.2. The molecule has 0 saturated heterocycles. The smallest absolute Gasteiger partial charge is 0.331 e. The Morgan fingerprint density at radius 1 is 1.53 bits per heavy atom. The first kappa shape index (κ1) is 11.7. The van der Waals surface area contributed by atoms with E-state index in [1.165, 1.54) is 13.1 Å². The number of oxime groups is 1. The van der Waals surface area contributed by atoms with Crippen LogP contribution in [0.15, 0.2) is 27.8 Å². The van der Waals surface area contributed by atoms with Crippen LogP contribution in [0, 0.1) is 0 Å². The number of ether oxygens (including phenoxy) is 1. The summed E-state index contributed by atoms with van der Waals surface area (Å²) in [6.07, 6.45) is 1.42. The summed E-state index contributed by atoms with van der Waals surface area (Å²) in [5.41, 5.74) is 0.730. The third-order valence-corrected chi connectivity index (χ3v) is 2.06. The molecule has 1 aromatic carbocycles. The maximum Gasteiger partial charge on any atom is 0.331 e. The quantitative estimate of drug-likeness (QED) is 0.482. The van der Waals surface area contributed by atoms with Gasteiger partial charge in [-0.2, -0.15) is 0 Å². The second-order valence-electron chi connectivity index (χ2n) is 2.70. The van der Waals surface area contributed by atoms with Crippen molar-refractivity contribution >= 4 is 28.1 Å². The van der Waals surface area contributed by atoms with E-state index >= 15 is 0 Å². The van der Waals surface area contributed by atoms with Gasteiger partial charge in [-0.25, -0.2) is 4.79 Å². The molecule has 0 fully saturated rings. The van der Waals surface area contributed by atoms with Crippen molar-refractivity contribution in [3.05, 3.63) is 28.2 Å². The van der Waals surface area contributed by atoms with Crippen molar-refractivity contribution in [3.8, 4) is 5.75 Å². The second kappa shape index (κ2) is 5.50. The van der Waals surface area contributed by atoms with Gasteiger partial charge in [0.1, 0.15) is 5.75 Å². The van der Waals surface area contributed by atoms with Gasteiger partial charge >= 0.3 is 5.97 Å². The molecule has 5 heteroatoms. The monoisotopic (exact) mass is 271 g/mol.